The van der Waals surface area contributed by atoms with Gasteiger partial charge in [-0.2, -0.15) is 0 Å². The Kier molecular flexibility index (Phi) is 179. The van der Waals surface area contributed by atoms with Crippen LogP contribution in [0.25, 0.3) is 0 Å². The molecule has 7 heteroatoms. The quantitative estimate of drug-likeness (QED) is 0.374. The van der Waals surface area contributed by atoms with E-state index in [1.807, 2.05) is 0 Å². The average molecular weight is 138 g/mol. The van der Waals surface area contributed by atoms with E-state index in [1.54, 1.807) is 0 Å². The second kappa shape index (κ2) is 30.0. The van der Waals surface area contributed by atoms with Gasteiger partial charge in [0.15, 0.2) is 0 Å². The second-order valence-corrected chi connectivity index (χ2v) is 0.402. The molecule has 0 radical (unpaired) electrons. The molecule has 0 aliphatic carbocycles. The summed E-state index contributed by atoms with van der Waals surface area (Å²) in [5.41, 5.74) is 8.50. The molecule has 2 amide bonds. The summed E-state index contributed by atoms with van der Waals surface area (Å²) in [6.45, 7) is 0. The number of urea groups is 1. The number of hydrogen-bond donors (Lipinski definition) is 2. The molecule has 0 saturated carbocycles. The molecule has 0 spiro atoms. The Morgan fingerprint density at radius 1 is 1.00 bits per heavy atom. The van der Waals surface area contributed by atoms with E-state index in [9.17, 15) is 0 Å². The molecule has 0 aromatic rings. The molecule has 0 aromatic heterocycles. The molecule has 0 bridgehead atoms. The van der Waals surface area contributed by atoms with Crippen LogP contribution in [0.5, 0.6) is 0 Å². The number of nitrogens with two attached hydrogens (primary N) is 2. The van der Waals surface area contributed by atoms with Crippen LogP contribution in [-0.2, 0) is 0 Å². The summed E-state index contributed by atoms with van der Waals surface area (Å²) in [5.74, 6) is 0. The standard InChI is InChI=1S/CH4N2O.Al.3H2O/c2-1(3)4;;;;/h(H4,2,3,4);;3*1H2/q;+3;;;/p-3. The topological polar surface area (TPSA) is 159 Å². The van der Waals surface area contributed by atoms with Crippen molar-refractivity contribution in [3.05, 3.63) is 0 Å². The van der Waals surface area contributed by atoms with Crippen molar-refractivity contribution in [1.29, 1.82) is 0 Å². The van der Waals surface area contributed by atoms with Gasteiger partial charge in [-0.05, 0) is 0 Å². The van der Waals surface area contributed by atoms with E-state index < -0.39 is 6.03 Å². The SMILES string of the molecule is NC(N)=O.[Al+3].[OH-].[OH-].[OH-]. The van der Waals surface area contributed by atoms with E-state index in [0.29, 0.717) is 0 Å². The normalized spacial score (nSPS) is 3.00. The van der Waals surface area contributed by atoms with Crippen LogP contribution in [0.1, 0.15) is 0 Å². The van der Waals surface area contributed by atoms with Crippen LogP contribution in [0.4, 0.5) is 4.79 Å². The van der Waals surface area contributed by atoms with Crippen molar-refractivity contribution in [2.45, 2.75) is 0 Å². The summed E-state index contributed by atoms with van der Waals surface area (Å²) in [7, 11) is 0. The third-order valence-electron chi connectivity index (χ3n) is 0. The smallest absolute Gasteiger partial charge is 0.870 e. The molecular formula is CH7AlN2O4. The van der Waals surface area contributed by atoms with Crippen molar-refractivity contribution >= 4 is 23.4 Å². The van der Waals surface area contributed by atoms with E-state index in [0.717, 1.165) is 0 Å². The molecule has 0 aliphatic heterocycles. The fourth-order valence-corrected chi connectivity index (χ4v) is 0. The maximum Gasteiger partial charge on any atom is 3.00 e. The van der Waals surface area contributed by atoms with Crippen LogP contribution in [0.2, 0.25) is 0 Å². The van der Waals surface area contributed by atoms with Gasteiger partial charge in [0.2, 0.25) is 0 Å². The molecule has 0 aliphatic rings. The van der Waals surface area contributed by atoms with Gasteiger partial charge in [-0.25, -0.2) is 4.79 Å². The van der Waals surface area contributed by atoms with Gasteiger partial charge in [0.05, 0.1) is 0 Å². The predicted octanol–water partition coefficient (Wildman–Crippen LogP) is -1.89. The van der Waals surface area contributed by atoms with Gasteiger partial charge >= 0.3 is 23.4 Å². The van der Waals surface area contributed by atoms with E-state index in [4.69, 9.17) is 4.79 Å². The Hall–Kier alpha value is -0.318. The van der Waals surface area contributed by atoms with E-state index in [-0.39, 0.29) is 33.8 Å². The zero-order valence-electron chi connectivity index (χ0n) is 3.98. The van der Waals surface area contributed by atoms with Crippen LogP contribution in [-0.4, -0.2) is 39.8 Å². The molecule has 7 N–H and O–H groups in total. The Labute approximate surface area is 56.9 Å². The van der Waals surface area contributed by atoms with Crippen LogP contribution in [0, 0.1) is 0 Å². The van der Waals surface area contributed by atoms with E-state index in [2.05, 4.69) is 11.5 Å². The zero-order valence-corrected chi connectivity index (χ0v) is 5.14. The van der Waals surface area contributed by atoms with Crippen LogP contribution < -0.4 is 11.5 Å². The molecule has 0 heterocycles. The Bertz CT molecular complexity index is 37.0. The predicted molar refractivity (Wildman–Crippen MR) is 25.3 cm³/mol. The fourth-order valence-electron chi connectivity index (χ4n) is 0. The number of hydrogen-bond acceptors (Lipinski definition) is 4. The summed E-state index contributed by atoms with van der Waals surface area (Å²) in [5, 5.41) is 0. The minimum absolute atomic E-state index is 0. The second-order valence-electron chi connectivity index (χ2n) is 0.402. The van der Waals surface area contributed by atoms with Crippen molar-refractivity contribution in [3.63, 3.8) is 0 Å². The molecule has 0 saturated heterocycles. The molecule has 0 rings (SSSR count). The van der Waals surface area contributed by atoms with Gasteiger partial charge in [-0.1, -0.05) is 0 Å². The van der Waals surface area contributed by atoms with Crippen molar-refractivity contribution in [2.75, 3.05) is 0 Å². The Morgan fingerprint density at radius 2 is 1.00 bits per heavy atom. The van der Waals surface area contributed by atoms with Crippen molar-refractivity contribution in [1.82, 2.24) is 0 Å². The number of carbonyl (C=O) groups excluding carboxylic acids is 1. The first-order valence-electron chi connectivity index (χ1n) is 0.781. The summed E-state index contributed by atoms with van der Waals surface area (Å²) in [6.07, 6.45) is 0. The summed E-state index contributed by atoms with van der Waals surface area (Å²) >= 11 is 0. The minimum atomic E-state index is -0.833. The minimum Gasteiger partial charge on any atom is -0.870 e. The summed E-state index contributed by atoms with van der Waals surface area (Å²) < 4.78 is 0. The molecule has 0 atom stereocenters. The van der Waals surface area contributed by atoms with E-state index >= 15 is 0 Å². The number of amides is 2. The van der Waals surface area contributed by atoms with Gasteiger partial charge < -0.3 is 27.9 Å². The van der Waals surface area contributed by atoms with E-state index in [1.165, 1.54) is 0 Å². The van der Waals surface area contributed by atoms with Gasteiger partial charge in [-0.3, -0.25) is 0 Å². The number of carbonyl (C=O) groups is 1. The largest absolute Gasteiger partial charge is 3.00 e. The maximum atomic E-state index is 9.00. The molecule has 0 aromatic carbocycles. The van der Waals surface area contributed by atoms with Crippen molar-refractivity contribution in [3.8, 4) is 0 Å². The molecule has 0 unspecified atom stereocenters. The first kappa shape index (κ1) is 47.7. The fraction of sp³-hybridized carbons (Fsp3) is 0. The number of primary amides is 2. The third-order valence-corrected chi connectivity index (χ3v) is 0. The molecule has 0 fully saturated rings. The zero-order chi connectivity index (χ0) is 3.58. The maximum absolute atomic E-state index is 9.00. The van der Waals surface area contributed by atoms with Crippen LogP contribution in [0.3, 0.4) is 0 Å². The molecule has 8 heavy (non-hydrogen) atoms. The summed E-state index contributed by atoms with van der Waals surface area (Å²) in [4.78, 5) is 9.00. The summed E-state index contributed by atoms with van der Waals surface area (Å²) in [6, 6.07) is -0.833. The Morgan fingerprint density at radius 3 is 1.00 bits per heavy atom. The monoisotopic (exact) mass is 138 g/mol. The first-order chi connectivity index (χ1) is 1.73. The first-order valence-corrected chi connectivity index (χ1v) is 0.781. The molecule has 6 nitrogen and oxygen atoms in total. The molecular weight excluding hydrogens is 131 g/mol. The van der Waals surface area contributed by atoms with Gasteiger partial charge in [0, 0.05) is 0 Å². The average Bonchev–Trinajstić information content (AvgIpc) is 0.811. The van der Waals surface area contributed by atoms with Crippen LogP contribution in [0.15, 0.2) is 0 Å². The molecule has 48 valence electrons. The van der Waals surface area contributed by atoms with Crippen molar-refractivity contribution < 1.29 is 21.2 Å². The third kappa shape index (κ3) is 1240. The van der Waals surface area contributed by atoms with Crippen molar-refractivity contribution in [2.24, 2.45) is 11.5 Å². The van der Waals surface area contributed by atoms with Gasteiger partial charge in [-0.15, -0.1) is 0 Å². The number of rotatable bonds is 0. The van der Waals surface area contributed by atoms with Gasteiger partial charge in [0.25, 0.3) is 0 Å². The van der Waals surface area contributed by atoms with Gasteiger partial charge in [0.1, 0.15) is 0 Å². The Balaban J connectivity index is -0.00000000750. The van der Waals surface area contributed by atoms with Crippen LogP contribution >= 0.6 is 0 Å².